The summed E-state index contributed by atoms with van der Waals surface area (Å²) in [6, 6.07) is 4.42. The van der Waals surface area contributed by atoms with Gasteiger partial charge in [-0.15, -0.1) is 0 Å². The van der Waals surface area contributed by atoms with Crippen LogP contribution in [0.2, 0.25) is 0 Å². The molecule has 1 N–H and O–H groups in total. The van der Waals surface area contributed by atoms with Crippen molar-refractivity contribution in [2.24, 2.45) is 5.92 Å². The highest BCUT2D eigenvalue weighted by Gasteiger charge is 2.05. The molecule has 1 aromatic rings. The van der Waals surface area contributed by atoms with Crippen LogP contribution in [0.4, 0.5) is 4.39 Å². The van der Waals surface area contributed by atoms with Gasteiger partial charge in [0.05, 0.1) is 11.1 Å². The van der Waals surface area contributed by atoms with Gasteiger partial charge in [0.1, 0.15) is 11.6 Å². The van der Waals surface area contributed by atoms with Gasteiger partial charge in [-0.05, 0) is 41.2 Å². The van der Waals surface area contributed by atoms with Gasteiger partial charge in [-0.1, -0.05) is 6.92 Å². The van der Waals surface area contributed by atoms with Gasteiger partial charge in [0.15, 0.2) is 0 Å². The van der Waals surface area contributed by atoms with Crippen molar-refractivity contribution in [1.82, 2.24) is 5.32 Å². The lowest BCUT2D eigenvalue weighted by atomic mass is 10.2. The van der Waals surface area contributed by atoms with Gasteiger partial charge in [-0.25, -0.2) is 4.39 Å². The van der Waals surface area contributed by atoms with E-state index in [0.717, 1.165) is 6.54 Å². The van der Waals surface area contributed by atoms with E-state index in [2.05, 4.69) is 28.2 Å². The molecule has 1 rings (SSSR count). The first-order chi connectivity index (χ1) is 7.13. The summed E-state index contributed by atoms with van der Waals surface area (Å²) >= 11 is 3.26. The van der Waals surface area contributed by atoms with Gasteiger partial charge in [0.25, 0.3) is 0 Å². The fourth-order valence-electron chi connectivity index (χ4n) is 1.23. The Labute approximate surface area is 98.0 Å². The highest BCUT2D eigenvalue weighted by molar-refractivity contribution is 9.10. The molecule has 1 atom stereocenters. The lowest BCUT2D eigenvalue weighted by Gasteiger charge is -2.13. The largest absolute Gasteiger partial charge is 0.492 e. The second-order valence-electron chi connectivity index (χ2n) is 3.55. The van der Waals surface area contributed by atoms with Crippen molar-refractivity contribution in [3.05, 3.63) is 28.5 Å². The van der Waals surface area contributed by atoms with Gasteiger partial charge in [0, 0.05) is 12.5 Å². The summed E-state index contributed by atoms with van der Waals surface area (Å²) in [6.07, 6.45) is 0. The van der Waals surface area contributed by atoms with Crippen LogP contribution in [0.3, 0.4) is 0 Å². The Morgan fingerprint density at radius 2 is 2.27 bits per heavy atom. The summed E-state index contributed by atoms with van der Waals surface area (Å²) in [7, 11) is 1.91. The number of rotatable bonds is 5. The Balaban J connectivity index is 2.50. The zero-order chi connectivity index (χ0) is 11.3. The highest BCUT2D eigenvalue weighted by atomic mass is 79.9. The van der Waals surface area contributed by atoms with Crippen molar-refractivity contribution < 1.29 is 9.13 Å². The normalized spacial score (nSPS) is 12.5. The van der Waals surface area contributed by atoms with E-state index >= 15 is 0 Å². The molecule has 0 aliphatic rings. The molecule has 0 saturated heterocycles. The first-order valence-electron chi connectivity index (χ1n) is 4.86. The number of hydrogen-bond donors (Lipinski definition) is 1. The van der Waals surface area contributed by atoms with Crippen LogP contribution < -0.4 is 10.1 Å². The van der Waals surface area contributed by atoms with Crippen molar-refractivity contribution in [3.8, 4) is 5.75 Å². The summed E-state index contributed by atoms with van der Waals surface area (Å²) in [5, 5.41) is 3.08. The molecule has 0 heterocycles. The van der Waals surface area contributed by atoms with Gasteiger partial charge in [-0.3, -0.25) is 0 Å². The first-order valence-corrected chi connectivity index (χ1v) is 5.65. The monoisotopic (exact) mass is 275 g/mol. The zero-order valence-electron chi connectivity index (χ0n) is 8.89. The quantitative estimate of drug-likeness (QED) is 0.893. The van der Waals surface area contributed by atoms with E-state index in [4.69, 9.17) is 4.74 Å². The molecular formula is C11H15BrFNO. The van der Waals surface area contributed by atoms with Gasteiger partial charge >= 0.3 is 0 Å². The molecule has 84 valence electrons. The van der Waals surface area contributed by atoms with Crippen LogP contribution in [0.1, 0.15) is 6.92 Å². The Morgan fingerprint density at radius 3 is 2.87 bits per heavy atom. The predicted octanol–water partition coefficient (Wildman–Crippen LogP) is 2.82. The SMILES string of the molecule is CNCC(C)COc1ccc(F)cc1Br. The highest BCUT2D eigenvalue weighted by Crippen LogP contribution is 2.25. The lowest BCUT2D eigenvalue weighted by Crippen LogP contribution is -2.21. The van der Waals surface area contributed by atoms with Gasteiger partial charge in [0.2, 0.25) is 0 Å². The van der Waals surface area contributed by atoms with Crippen molar-refractivity contribution in [3.63, 3.8) is 0 Å². The van der Waals surface area contributed by atoms with E-state index in [1.54, 1.807) is 6.07 Å². The van der Waals surface area contributed by atoms with Gasteiger partial charge < -0.3 is 10.1 Å². The van der Waals surface area contributed by atoms with E-state index in [0.29, 0.717) is 22.7 Å². The number of benzene rings is 1. The molecule has 0 saturated carbocycles. The third-order valence-corrected chi connectivity index (χ3v) is 2.59. The van der Waals surface area contributed by atoms with Crippen LogP contribution in [-0.4, -0.2) is 20.2 Å². The maximum Gasteiger partial charge on any atom is 0.133 e. The summed E-state index contributed by atoms with van der Waals surface area (Å²) in [6.45, 7) is 3.61. The molecule has 0 spiro atoms. The van der Waals surface area contributed by atoms with Crippen molar-refractivity contribution >= 4 is 15.9 Å². The molecule has 4 heteroatoms. The molecule has 0 aliphatic heterocycles. The third-order valence-electron chi connectivity index (χ3n) is 1.97. The van der Waals surface area contributed by atoms with Crippen molar-refractivity contribution in [2.45, 2.75) is 6.92 Å². The molecule has 0 amide bonds. The average molecular weight is 276 g/mol. The van der Waals surface area contributed by atoms with Crippen LogP contribution in [0, 0.1) is 11.7 Å². The van der Waals surface area contributed by atoms with Crippen LogP contribution >= 0.6 is 15.9 Å². The van der Waals surface area contributed by atoms with Crippen LogP contribution in [0.25, 0.3) is 0 Å². The van der Waals surface area contributed by atoms with Crippen molar-refractivity contribution in [1.29, 1.82) is 0 Å². The first kappa shape index (κ1) is 12.5. The van der Waals surface area contributed by atoms with E-state index in [1.807, 2.05) is 7.05 Å². The minimum Gasteiger partial charge on any atom is -0.492 e. The van der Waals surface area contributed by atoms with Gasteiger partial charge in [-0.2, -0.15) is 0 Å². The number of nitrogens with one attached hydrogen (secondary N) is 1. The van der Waals surface area contributed by atoms with Crippen molar-refractivity contribution in [2.75, 3.05) is 20.2 Å². The number of hydrogen-bond acceptors (Lipinski definition) is 2. The fraction of sp³-hybridized carbons (Fsp3) is 0.455. The smallest absolute Gasteiger partial charge is 0.133 e. The Bertz CT molecular complexity index is 319. The molecule has 0 aliphatic carbocycles. The molecule has 0 fully saturated rings. The molecule has 2 nitrogen and oxygen atoms in total. The summed E-state index contributed by atoms with van der Waals surface area (Å²) in [5.41, 5.74) is 0. The maximum atomic E-state index is 12.8. The molecule has 0 aromatic heterocycles. The minimum atomic E-state index is -0.266. The Morgan fingerprint density at radius 1 is 1.53 bits per heavy atom. The molecule has 0 radical (unpaired) electrons. The maximum absolute atomic E-state index is 12.8. The lowest BCUT2D eigenvalue weighted by molar-refractivity contribution is 0.256. The Hall–Kier alpha value is -0.610. The zero-order valence-corrected chi connectivity index (χ0v) is 10.5. The molecule has 0 bridgehead atoms. The summed E-state index contributed by atoms with van der Waals surface area (Å²) in [5.74, 6) is 0.837. The molecule has 1 unspecified atom stereocenters. The second kappa shape index (κ2) is 6.08. The van der Waals surface area contributed by atoms with E-state index in [-0.39, 0.29) is 5.82 Å². The standard InChI is InChI=1S/C11H15BrFNO/c1-8(6-14-2)7-15-11-4-3-9(13)5-10(11)12/h3-5,8,14H,6-7H2,1-2H3. The molecule has 15 heavy (non-hydrogen) atoms. The third kappa shape index (κ3) is 4.18. The van der Waals surface area contributed by atoms with Crippen LogP contribution in [0.5, 0.6) is 5.75 Å². The minimum absolute atomic E-state index is 0.266. The van der Waals surface area contributed by atoms with E-state index in [9.17, 15) is 4.39 Å². The van der Waals surface area contributed by atoms with E-state index < -0.39 is 0 Å². The second-order valence-corrected chi connectivity index (χ2v) is 4.40. The van der Waals surface area contributed by atoms with Crippen LogP contribution in [-0.2, 0) is 0 Å². The molecular weight excluding hydrogens is 261 g/mol. The predicted molar refractivity (Wildman–Crippen MR) is 62.7 cm³/mol. The van der Waals surface area contributed by atoms with Crippen LogP contribution in [0.15, 0.2) is 22.7 Å². The average Bonchev–Trinajstić information content (AvgIpc) is 2.17. The summed E-state index contributed by atoms with van der Waals surface area (Å²) in [4.78, 5) is 0. The summed E-state index contributed by atoms with van der Waals surface area (Å²) < 4.78 is 19.0. The Kier molecular flexibility index (Phi) is 5.05. The number of ether oxygens (including phenoxy) is 1. The fourth-order valence-corrected chi connectivity index (χ4v) is 1.70. The van der Waals surface area contributed by atoms with E-state index in [1.165, 1.54) is 12.1 Å². The topological polar surface area (TPSA) is 21.3 Å². The number of halogens is 2. The molecule has 1 aromatic carbocycles.